The van der Waals surface area contributed by atoms with Crippen LogP contribution in [-0.2, 0) is 16.0 Å². The molecular formula is C11H11ClFNO3. The summed E-state index contributed by atoms with van der Waals surface area (Å²) in [6, 6.07) is 2.81. The SMILES string of the molecule is CC(=O)NC(Cc1ccc(Cl)cc1F)C(=O)O. The van der Waals surface area contributed by atoms with Crippen molar-refractivity contribution in [1.29, 1.82) is 0 Å². The van der Waals surface area contributed by atoms with Gasteiger partial charge in [-0.3, -0.25) is 4.79 Å². The minimum Gasteiger partial charge on any atom is -0.480 e. The first-order valence-electron chi connectivity index (χ1n) is 4.84. The van der Waals surface area contributed by atoms with Crippen LogP contribution in [0.5, 0.6) is 0 Å². The average Bonchev–Trinajstić information content (AvgIpc) is 2.19. The summed E-state index contributed by atoms with van der Waals surface area (Å²) in [7, 11) is 0. The normalized spacial score (nSPS) is 11.9. The molecule has 1 atom stereocenters. The lowest BCUT2D eigenvalue weighted by atomic mass is 10.1. The number of nitrogens with one attached hydrogen (secondary N) is 1. The van der Waals surface area contributed by atoms with Crippen molar-refractivity contribution in [2.75, 3.05) is 0 Å². The zero-order chi connectivity index (χ0) is 13.0. The molecule has 2 N–H and O–H groups in total. The van der Waals surface area contributed by atoms with E-state index < -0.39 is 23.7 Å². The molecule has 0 saturated carbocycles. The van der Waals surface area contributed by atoms with Crippen molar-refractivity contribution >= 4 is 23.5 Å². The zero-order valence-corrected chi connectivity index (χ0v) is 9.79. The Balaban J connectivity index is 2.86. The Kier molecular flexibility index (Phi) is 4.45. The van der Waals surface area contributed by atoms with Crippen molar-refractivity contribution in [3.8, 4) is 0 Å². The van der Waals surface area contributed by atoms with Gasteiger partial charge in [0.1, 0.15) is 11.9 Å². The Morgan fingerprint density at radius 2 is 2.18 bits per heavy atom. The van der Waals surface area contributed by atoms with Crippen LogP contribution < -0.4 is 5.32 Å². The van der Waals surface area contributed by atoms with Gasteiger partial charge in [0, 0.05) is 18.4 Å². The number of halogens is 2. The second-order valence-electron chi connectivity index (χ2n) is 3.53. The molecule has 1 amide bonds. The van der Waals surface area contributed by atoms with Gasteiger partial charge in [-0.1, -0.05) is 17.7 Å². The van der Waals surface area contributed by atoms with Crippen LogP contribution in [0.3, 0.4) is 0 Å². The summed E-state index contributed by atoms with van der Waals surface area (Å²) in [6.45, 7) is 1.20. The summed E-state index contributed by atoms with van der Waals surface area (Å²) in [4.78, 5) is 21.7. The molecule has 0 bridgehead atoms. The number of hydrogen-bond donors (Lipinski definition) is 2. The number of carbonyl (C=O) groups excluding carboxylic acids is 1. The Morgan fingerprint density at radius 1 is 1.53 bits per heavy atom. The predicted molar refractivity (Wildman–Crippen MR) is 60.4 cm³/mol. The molecule has 1 unspecified atom stereocenters. The molecule has 92 valence electrons. The molecule has 0 aromatic heterocycles. The van der Waals surface area contributed by atoms with Crippen LogP contribution in [0.25, 0.3) is 0 Å². The second-order valence-corrected chi connectivity index (χ2v) is 3.97. The van der Waals surface area contributed by atoms with Crippen LogP contribution in [0, 0.1) is 5.82 Å². The third kappa shape index (κ3) is 4.03. The van der Waals surface area contributed by atoms with Crippen molar-refractivity contribution in [2.24, 2.45) is 0 Å². The van der Waals surface area contributed by atoms with Crippen LogP contribution in [0.1, 0.15) is 12.5 Å². The van der Waals surface area contributed by atoms with E-state index in [9.17, 15) is 14.0 Å². The number of carbonyl (C=O) groups is 2. The minimum absolute atomic E-state index is 0.127. The Bertz CT molecular complexity index is 450. The highest BCUT2D eigenvalue weighted by atomic mass is 35.5. The third-order valence-electron chi connectivity index (χ3n) is 2.11. The van der Waals surface area contributed by atoms with Crippen LogP contribution in [0.15, 0.2) is 18.2 Å². The van der Waals surface area contributed by atoms with Gasteiger partial charge in [0.15, 0.2) is 0 Å². The van der Waals surface area contributed by atoms with Gasteiger partial charge in [-0.15, -0.1) is 0 Å². The van der Waals surface area contributed by atoms with Crippen LogP contribution in [-0.4, -0.2) is 23.0 Å². The Labute approximate surface area is 102 Å². The van der Waals surface area contributed by atoms with Crippen molar-refractivity contribution in [3.63, 3.8) is 0 Å². The maximum Gasteiger partial charge on any atom is 0.326 e. The zero-order valence-electron chi connectivity index (χ0n) is 9.04. The lowest BCUT2D eigenvalue weighted by molar-refractivity contribution is -0.141. The van der Waals surface area contributed by atoms with Crippen molar-refractivity contribution in [1.82, 2.24) is 5.32 Å². The lowest BCUT2D eigenvalue weighted by Gasteiger charge is -2.13. The molecule has 0 radical (unpaired) electrons. The number of carboxylic acid groups (broad SMARTS) is 1. The van der Waals surface area contributed by atoms with Gasteiger partial charge in [0.2, 0.25) is 5.91 Å². The molecule has 17 heavy (non-hydrogen) atoms. The number of benzene rings is 1. The van der Waals surface area contributed by atoms with Crippen molar-refractivity contribution in [3.05, 3.63) is 34.6 Å². The van der Waals surface area contributed by atoms with E-state index in [0.717, 1.165) is 6.07 Å². The fraction of sp³-hybridized carbons (Fsp3) is 0.273. The third-order valence-corrected chi connectivity index (χ3v) is 2.35. The topological polar surface area (TPSA) is 66.4 Å². The van der Waals surface area contributed by atoms with E-state index in [1.54, 1.807) is 0 Å². The number of carboxylic acids is 1. The van der Waals surface area contributed by atoms with E-state index in [-0.39, 0.29) is 17.0 Å². The molecule has 0 saturated heterocycles. The van der Waals surface area contributed by atoms with Crippen LogP contribution >= 0.6 is 11.6 Å². The minimum atomic E-state index is -1.21. The highest BCUT2D eigenvalue weighted by Gasteiger charge is 2.20. The second kappa shape index (κ2) is 5.63. The van der Waals surface area contributed by atoms with Crippen LogP contribution in [0.4, 0.5) is 4.39 Å². The lowest BCUT2D eigenvalue weighted by Crippen LogP contribution is -2.41. The molecule has 6 heteroatoms. The molecule has 0 aliphatic rings. The first-order chi connectivity index (χ1) is 7.90. The van der Waals surface area contributed by atoms with Gasteiger partial charge in [0.25, 0.3) is 0 Å². The largest absolute Gasteiger partial charge is 0.480 e. The maximum absolute atomic E-state index is 13.4. The number of aliphatic carboxylic acids is 1. The summed E-state index contributed by atoms with van der Waals surface area (Å²) < 4.78 is 13.4. The molecule has 0 spiro atoms. The van der Waals surface area contributed by atoms with Crippen LogP contribution in [0.2, 0.25) is 5.02 Å². The first kappa shape index (κ1) is 13.4. The number of amides is 1. The summed E-state index contributed by atoms with van der Waals surface area (Å²) in [5.41, 5.74) is 0.190. The van der Waals surface area contributed by atoms with Gasteiger partial charge >= 0.3 is 5.97 Å². The van der Waals surface area contributed by atoms with E-state index in [2.05, 4.69) is 5.32 Å². The molecule has 0 aliphatic heterocycles. The summed E-state index contributed by atoms with van der Waals surface area (Å²) >= 11 is 5.57. The number of hydrogen-bond acceptors (Lipinski definition) is 2. The van der Waals surface area contributed by atoms with Gasteiger partial charge in [-0.2, -0.15) is 0 Å². The number of rotatable bonds is 4. The monoisotopic (exact) mass is 259 g/mol. The fourth-order valence-electron chi connectivity index (χ4n) is 1.35. The first-order valence-corrected chi connectivity index (χ1v) is 5.21. The molecule has 1 aromatic carbocycles. The van der Waals surface area contributed by atoms with Gasteiger partial charge in [-0.05, 0) is 17.7 Å². The molecule has 0 heterocycles. The molecule has 0 fully saturated rings. The summed E-state index contributed by atoms with van der Waals surface area (Å²) in [6.07, 6.45) is -0.127. The van der Waals surface area contributed by atoms with E-state index in [1.165, 1.54) is 19.1 Å². The van der Waals surface area contributed by atoms with Crippen molar-refractivity contribution < 1.29 is 19.1 Å². The quantitative estimate of drug-likeness (QED) is 0.863. The standard InChI is InChI=1S/C11H11ClFNO3/c1-6(15)14-10(11(16)17)4-7-2-3-8(12)5-9(7)13/h2-3,5,10H,4H2,1H3,(H,14,15)(H,16,17). The average molecular weight is 260 g/mol. The molecule has 0 aliphatic carbocycles. The smallest absolute Gasteiger partial charge is 0.326 e. The Hall–Kier alpha value is -1.62. The highest BCUT2D eigenvalue weighted by molar-refractivity contribution is 6.30. The predicted octanol–water partition coefficient (Wildman–Crippen LogP) is 1.61. The highest BCUT2D eigenvalue weighted by Crippen LogP contribution is 2.16. The maximum atomic E-state index is 13.4. The van der Waals surface area contributed by atoms with Crippen molar-refractivity contribution in [2.45, 2.75) is 19.4 Å². The van der Waals surface area contributed by atoms with E-state index in [1.807, 2.05) is 0 Å². The van der Waals surface area contributed by atoms with Gasteiger partial charge in [0.05, 0.1) is 0 Å². The van der Waals surface area contributed by atoms with E-state index in [4.69, 9.17) is 16.7 Å². The molecule has 1 rings (SSSR count). The molecule has 4 nitrogen and oxygen atoms in total. The van der Waals surface area contributed by atoms with Gasteiger partial charge < -0.3 is 10.4 Å². The molecule has 1 aromatic rings. The van der Waals surface area contributed by atoms with Gasteiger partial charge in [-0.25, -0.2) is 9.18 Å². The molecular weight excluding hydrogens is 249 g/mol. The van der Waals surface area contributed by atoms with E-state index in [0.29, 0.717) is 0 Å². The summed E-state index contributed by atoms with van der Waals surface area (Å²) in [5, 5.41) is 11.3. The van der Waals surface area contributed by atoms with E-state index >= 15 is 0 Å². The Morgan fingerprint density at radius 3 is 2.65 bits per heavy atom. The summed E-state index contributed by atoms with van der Waals surface area (Å²) in [5.74, 6) is -2.28. The fourth-order valence-corrected chi connectivity index (χ4v) is 1.51.